The molecule has 178 valence electrons. The Balaban J connectivity index is 1.47. The van der Waals surface area contributed by atoms with Crippen LogP contribution in [0.5, 0.6) is 0 Å². The van der Waals surface area contributed by atoms with Crippen molar-refractivity contribution < 1.29 is 4.79 Å². The highest BCUT2D eigenvalue weighted by Crippen LogP contribution is 2.32. The molecule has 1 N–H and O–H groups in total. The van der Waals surface area contributed by atoms with E-state index in [4.69, 9.17) is 4.99 Å². The van der Waals surface area contributed by atoms with E-state index in [1.807, 2.05) is 18.1 Å². The summed E-state index contributed by atoms with van der Waals surface area (Å²) in [4.78, 5) is 27.2. The fraction of sp³-hybridized carbons (Fsp3) is 0.783. The lowest BCUT2D eigenvalue weighted by Gasteiger charge is -2.49. The number of aromatic nitrogens is 2. The first kappa shape index (κ1) is 23.0. The normalized spacial score (nSPS) is 23.6. The van der Waals surface area contributed by atoms with Crippen LogP contribution < -0.4 is 10.2 Å². The van der Waals surface area contributed by atoms with Crippen molar-refractivity contribution in [2.45, 2.75) is 44.6 Å². The highest BCUT2D eigenvalue weighted by Gasteiger charge is 2.40. The van der Waals surface area contributed by atoms with Gasteiger partial charge in [-0.15, -0.1) is 0 Å². The number of amides is 1. The molecule has 4 heterocycles. The molecule has 9 nitrogen and oxygen atoms in total. The van der Waals surface area contributed by atoms with Crippen LogP contribution in [0.4, 0.5) is 5.69 Å². The number of guanidine groups is 1. The van der Waals surface area contributed by atoms with Gasteiger partial charge in [0.1, 0.15) is 6.54 Å². The number of nitrogens with zero attached hydrogens (tertiary/aromatic N) is 7. The summed E-state index contributed by atoms with van der Waals surface area (Å²) in [7, 11) is 4.10. The Morgan fingerprint density at radius 2 is 1.84 bits per heavy atom. The van der Waals surface area contributed by atoms with E-state index < -0.39 is 0 Å². The third kappa shape index (κ3) is 5.09. The quantitative estimate of drug-likeness (QED) is 0.539. The molecule has 0 bridgehead atoms. The predicted molar refractivity (Wildman–Crippen MR) is 128 cm³/mol. The third-order valence-corrected chi connectivity index (χ3v) is 7.33. The molecule has 9 heteroatoms. The van der Waals surface area contributed by atoms with E-state index in [0.717, 1.165) is 44.4 Å². The highest BCUT2D eigenvalue weighted by molar-refractivity contribution is 5.98. The molecule has 32 heavy (non-hydrogen) atoms. The number of hydrogen-bond acceptors (Lipinski definition) is 5. The maximum absolute atomic E-state index is 12.9. The number of carbonyl (C=O) groups is 1. The Morgan fingerprint density at radius 3 is 2.47 bits per heavy atom. The van der Waals surface area contributed by atoms with Crippen LogP contribution >= 0.6 is 0 Å². The Labute approximate surface area is 192 Å². The van der Waals surface area contributed by atoms with Gasteiger partial charge in [-0.3, -0.25) is 19.4 Å². The molecule has 0 atom stereocenters. The van der Waals surface area contributed by atoms with E-state index in [1.54, 1.807) is 10.9 Å². The van der Waals surface area contributed by atoms with Gasteiger partial charge in [-0.1, -0.05) is 6.42 Å². The zero-order chi connectivity index (χ0) is 22.6. The lowest BCUT2D eigenvalue weighted by Crippen LogP contribution is -2.59. The maximum Gasteiger partial charge on any atom is 0.246 e. The van der Waals surface area contributed by atoms with E-state index in [1.165, 1.54) is 45.2 Å². The number of aryl methyl sites for hydroxylation is 1. The predicted octanol–water partition coefficient (Wildman–Crippen LogP) is 0.985. The number of hydrogen-bond donors (Lipinski definition) is 1. The lowest BCUT2D eigenvalue weighted by atomic mass is 9.84. The van der Waals surface area contributed by atoms with Crippen LogP contribution in [0.1, 0.15) is 39.0 Å². The molecule has 0 aliphatic carbocycles. The molecule has 0 radical (unpaired) electrons. The summed E-state index contributed by atoms with van der Waals surface area (Å²) in [5.74, 6) is 0.974. The second kappa shape index (κ2) is 10.2. The largest absolute Gasteiger partial charge is 0.357 e. The fourth-order valence-corrected chi connectivity index (χ4v) is 5.30. The van der Waals surface area contributed by atoms with Gasteiger partial charge >= 0.3 is 0 Å². The smallest absolute Gasteiger partial charge is 0.246 e. The van der Waals surface area contributed by atoms with Crippen molar-refractivity contribution in [2.24, 2.45) is 12.0 Å². The minimum Gasteiger partial charge on any atom is -0.357 e. The molecule has 0 aromatic carbocycles. The van der Waals surface area contributed by atoms with Gasteiger partial charge in [0.15, 0.2) is 5.96 Å². The lowest BCUT2D eigenvalue weighted by molar-refractivity contribution is -0.120. The Kier molecular flexibility index (Phi) is 7.35. The summed E-state index contributed by atoms with van der Waals surface area (Å²) in [5, 5.41) is 7.67. The summed E-state index contributed by atoms with van der Waals surface area (Å²) in [6.07, 6.45) is 9.94. The molecule has 3 aliphatic heterocycles. The minimum atomic E-state index is 0.0971. The van der Waals surface area contributed by atoms with Gasteiger partial charge in [-0.05, 0) is 65.8 Å². The number of piperazine rings is 1. The SMILES string of the molecule is CCNC(=NCC1(N2CCCCC2)CCN(C)CC1)N1CCN(c2cnn(C)c2)C(=O)C1. The molecule has 0 spiro atoms. The maximum atomic E-state index is 12.9. The average Bonchev–Trinajstić information content (AvgIpc) is 3.24. The molecule has 3 aliphatic rings. The fourth-order valence-electron chi connectivity index (χ4n) is 5.30. The first-order chi connectivity index (χ1) is 15.5. The topological polar surface area (TPSA) is 72.2 Å². The van der Waals surface area contributed by atoms with E-state index in [2.05, 4.69) is 39.1 Å². The number of likely N-dealkylation sites (tertiary alicyclic amines) is 2. The van der Waals surface area contributed by atoms with Crippen LogP contribution in [0.25, 0.3) is 0 Å². The molecule has 3 fully saturated rings. The van der Waals surface area contributed by atoms with Crippen molar-refractivity contribution in [3.8, 4) is 0 Å². The van der Waals surface area contributed by atoms with Crippen LogP contribution in [0.15, 0.2) is 17.4 Å². The first-order valence-electron chi connectivity index (χ1n) is 12.3. The minimum absolute atomic E-state index is 0.0971. The Bertz CT molecular complexity index is 792. The molecular formula is C23H40N8O. The molecule has 0 saturated carbocycles. The van der Waals surface area contributed by atoms with Gasteiger partial charge in [-0.2, -0.15) is 5.10 Å². The van der Waals surface area contributed by atoms with Gasteiger partial charge < -0.3 is 20.0 Å². The van der Waals surface area contributed by atoms with Crippen molar-refractivity contribution in [1.82, 2.24) is 29.8 Å². The van der Waals surface area contributed by atoms with Gasteiger partial charge in [0.25, 0.3) is 0 Å². The molecule has 1 amide bonds. The van der Waals surface area contributed by atoms with Crippen LogP contribution in [0.2, 0.25) is 0 Å². The first-order valence-corrected chi connectivity index (χ1v) is 12.3. The number of carbonyl (C=O) groups excluding carboxylic acids is 1. The standard InChI is InChI=1S/C23H40N8O/c1-4-24-22(29-14-15-31(21(32)18-29)20-16-26-28(3)17-20)25-19-23(8-12-27(2)13-9-23)30-10-6-5-7-11-30/h16-17H,4-15,18-19H2,1-3H3,(H,24,25). The highest BCUT2D eigenvalue weighted by atomic mass is 16.2. The average molecular weight is 445 g/mol. The van der Waals surface area contributed by atoms with Crippen molar-refractivity contribution in [1.29, 1.82) is 0 Å². The number of piperidine rings is 2. The number of nitrogens with one attached hydrogen (secondary N) is 1. The molecule has 1 aromatic rings. The van der Waals surface area contributed by atoms with Crippen molar-refractivity contribution >= 4 is 17.6 Å². The number of anilines is 1. The number of aliphatic imine (C=N–C) groups is 1. The van der Waals surface area contributed by atoms with E-state index in [-0.39, 0.29) is 11.4 Å². The second-order valence-electron chi connectivity index (χ2n) is 9.58. The summed E-state index contributed by atoms with van der Waals surface area (Å²) in [6, 6.07) is 0. The monoisotopic (exact) mass is 444 g/mol. The van der Waals surface area contributed by atoms with Crippen LogP contribution in [-0.2, 0) is 11.8 Å². The van der Waals surface area contributed by atoms with E-state index in [9.17, 15) is 4.79 Å². The van der Waals surface area contributed by atoms with E-state index >= 15 is 0 Å². The van der Waals surface area contributed by atoms with Gasteiger partial charge in [0, 0.05) is 38.4 Å². The van der Waals surface area contributed by atoms with Gasteiger partial charge in [0.05, 0.1) is 18.4 Å². The van der Waals surface area contributed by atoms with Crippen molar-refractivity contribution in [2.75, 3.05) is 70.9 Å². The Hall–Kier alpha value is -2.13. The van der Waals surface area contributed by atoms with Crippen LogP contribution in [0.3, 0.4) is 0 Å². The Morgan fingerprint density at radius 1 is 1.09 bits per heavy atom. The zero-order valence-corrected chi connectivity index (χ0v) is 20.1. The van der Waals surface area contributed by atoms with E-state index in [0.29, 0.717) is 13.1 Å². The molecule has 1 aromatic heterocycles. The second-order valence-corrected chi connectivity index (χ2v) is 9.58. The van der Waals surface area contributed by atoms with Gasteiger partial charge in [-0.25, -0.2) is 0 Å². The summed E-state index contributed by atoms with van der Waals surface area (Å²) in [5.41, 5.74) is 1.02. The molecule has 4 rings (SSSR count). The molecular weight excluding hydrogens is 404 g/mol. The van der Waals surface area contributed by atoms with Crippen LogP contribution in [-0.4, -0.2) is 108 Å². The van der Waals surface area contributed by atoms with Crippen LogP contribution in [0, 0.1) is 0 Å². The van der Waals surface area contributed by atoms with Crippen molar-refractivity contribution in [3.63, 3.8) is 0 Å². The summed E-state index contributed by atoms with van der Waals surface area (Å²) in [6.45, 7) is 10.1. The molecule has 0 unspecified atom stereocenters. The number of rotatable bonds is 5. The van der Waals surface area contributed by atoms with Crippen molar-refractivity contribution in [3.05, 3.63) is 12.4 Å². The zero-order valence-electron chi connectivity index (χ0n) is 20.1. The molecule has 3 saturated heterocycles. The third-order valence-electron chi connectivity index (χ3n) is 7.33. The summed E-state index contributed by atoms with van der Waals surface area (Å²) >= 11 is 0. The summed E-state index contributed by atoms with van der Waals surface area (Å²) < 4.78 is 1.74. The van der Waals surface area contributed by atoms with Gasteiger partial charge in [0.2, 0.25) is 5.91 Å².